The summed E-state index contributed by atoms with van der Waals surface area (Å²) in [7, 11) is 0. The van der Waals surface area contributed by atoms with Crippen molar-refractivity contribution in [2.75, 3.05) is 0 Å². The van der Waals surface area contributed by atoms with E-state index in [1.54, 1.807) is 24.3 Å². The molecule has 5 heteroatoms. The van der Waals surface area contributed by atoms with E-state index >= 15 is 0 Å². The van der Waals surface area contributed by atoms with Crippen molar-refractivity contribution >= 4 is 15.1 Å². The molecule has 0 fully saturated rings. The Balaban J connectivity index is 1.64. The van der Waals surface area contributed by atoms with E-state index in [2.05, 4.69) is 11.9 Å². The van der Waals surface area contributed by atoms with Gasteiger partial charge in [-0.3, -0.25) is 0 Å². The summed E-state index contributed by atoms with van der Waals surface area (Å²) in [5, 5.41) is 0. The molecule has 0 spiro atoms. The van der Waals surface area contributed by atoms with Crippen molar-refractivity contribution in [2.24, 2.45) is 0 Å². The summed E-state index contributed by atoms with van der Waals surface area (Å²) in [6, 6.07) is 18.3. The Hall–Kier alpha value is -2.63. The van der Waals surface area contributed by atoms with Crippen molar-refractivity contribution in [1.29, 1.82) is 0 Å². The van der Waals surface area contributed by atoms with Gasteiger partial charge in [-0.25, -0.2) is 0 Å². The van der Waals surface area contributed by atoms with E-state index in [1.807, 2.05) is 43.3 Å². The molecular weight excluding hydrogens is 397 g/mol. The zero-order valence-corrected chi connectivity index (χ0v) is 17.0. The predicted molar refractivity (Wildman–Crippen MR) is 105 cm³/mol. The first-order chi connectivity index (χ1) is 13.6. The Morgan fingerprint density at radius 3 is 2.32 bits per heavy atom. The number of nitrogens with zero attached hydrogens (tertiary/aromatic N) is 1. The van der Waals surface area contributed by atoms with E-state index < -0.39 is 19.6 Å². The fourth-order valence-electron chi connectivity index (χ4n) is 2.58. The number of hydrogen-bond donors (Lipinski definition) is 0. The molecule has 4 nitrogen and oxygen atoms in total. The van der Waals surface area contributed by atoms with Gasteiger partial charge in [-0.1, -0.05) is 13.3 Å². The van der Waals surface area contributed by atoms with Gasteiger partial charge in [0.2, 0.25) is 0 Å². The number of ether oxygens (including phenoxy) is 1. The number of rotatable bonds is 7. The number of pyridine rings is 1. The molecule has 0 radical (unpaired) electrons. The van der Waals surface area contributed by atoms with Gasteiger partial charge < -0.3 is 0 Å². The molecule has 0 aliphatic carbocycles. The van der Waals surface area contributed by atoms with E-state index in [-0.39, 0.29) is 0 Å². The first-order valence-corrected chi connectivity index (χ1v) is 10.7. The number of aryl methyl sites for hydroxylation is 2. The van der Waals surface area contributed by atoms with Crippen molar-refractivity contribution in [3.63, 3.8) is 0 Å². The SMILES string of the molecule is CCCCc1ccc(OC(=O)c2cc[c]([Co](=[O])[c]3ccc(C)cc3)nc2)cc1. The van der Waals surface area contributed by atoms with Crippen molar-refractivity contribution in [3.8, 4) is 5.75 Å². The van der Waals surface area contributed by atoms with Crippen LogP contribution in [0.3, 0.4) is 0 Å². The van der Waals surface area contributed by atoms with Crippen LogP contribution in [-0.4, -0.2) is 11.0 Å². The van der Waals surface area contributed by atoms with Crippen molar-refractivity contribution < 1.29 is 27.0 Å². The summed E-state index contributed by atoms with van der Waals surface area (Å²) in [5.41, 5.74) is 2.66. The molecule has 3 rings (SSSR count). The average Bonchev–Trinajstić information content (AvgIpc) is 2.73. The zero-order chi connectivity index (χ0) is 19.9. The molecular formula is C23H23CoNO3. The fraction of sp³-hybridized carbons (Fsp3) is 0.217. The minimum absolute atomic E-state index is 0.325. The van der Waals surface area contributed by atoms with Gasteiger partial charge in [-0.15, -0.1) is 0 Å². The molecule has 1 aromatic heterocycles. The molecule has 0 saturated carbocycles. The third-order valence-corrected chi connectivity index (χ3v) is 5.91. The molecule has 0 saturated heterocycles. The number of aromatic nitrogens is 1. The molecule has 0 amide bonds. The summed E-state index contributed by atoms with van der Waals surface area (Å²) in [6.07, 6.45) is 4.72. The van der Waals surface area contributed by atoms with Gasteiger partial charge in [-0.2, -0.15) is 0 Å². The Kier molecular flexibility index (Phi) is 6.84. The number of hydrogen-bond acceptors (Lipinski definition) is 4. The van der Waals surface area contributed by atoms with Crippen LogP contribution < -0.4 is 13.9 Å². The molecule has 3 aromatic rings. The molecule has 147 valence electrons. The number of esters is 1. The van der Waals surface area contributed by atoms with Gasteiger partial charge in [0.25, 0.3) is 0 Å². The number of carbonyl (C=O) groups excluding carboxylic acids is 1. The summed E-state index contributed by atoms with van der Waals surface area (Å²) < 4.78 is 19.2. The summed E-state index contributed by atoms with van der Waals surface area (Å²) in [4.78, 5) is 16.5. The van der Waals surface area contributed by atoms with Crippen LogP contribution in [0.2, 0.25) is 0 Å². The van der Waals surface area contributed by atoms with Crippen LogP contribution in [0, 0.1) is 6.92 Å². The first-order valence-electron chi connectivity index (χ1n) is 9.22. The monoisotopic (exact) mass is 420 g/mol. The fourth-order valence-corrected chi connectivity index (χ4v) is 3.81. The molecule has 0 aliphatic heterocycles. The minimum atomic E-state index is -1.76. The maximum absolute atomic E-state index is 12.6. The molecule has 28 heavy (non-hydrogen) atoms. The second-order valence-corrected chi connectivity index (χ2v) is 8.29. The van der Waals surface area contributed by atoms with Crippen molar-refractivity contribution in [3.05, 3.63) is 83.6 Å². The predicted octanol–water partition coefficient (Wildman–Crippen LogP) is 3.87. The molecule has 0 unspecified atom stereocenters. The molecule has 0 aliphatic rings. The third kappa shape index (κ3) is 5.21. The molecule has 0 N–H and O–H groups in total. The van der Waals surface area contributed by atoms with Gasteiger partial charge in [0.1, 0.15) is 0 Å². The Morgan fingerprint density at radius 1 is 1.00 bits per heavy atom. The number of carbonyl (C=O) groups is 1. The number of benzene rings is 2. The van der Waals surface area contributed by atoms with Crippen LogP contribution in [0.5, 0.6) is 5.75 Å². The van der Waals surface area contributed by atoms with Gasteiger partial charge >= 0.3 is 156 Å². The van der Waals surface area contributed by atoms with Crippen LogP contribution >= 0.6 is 0 Å². The standard InChI is InChI=1S/C16H16NO2.C7H7.Co.O/c1-2-3-5-13-7-9-15(10-8-13)19-16(18)14-6-4-11-17-12-14;1-7-5-3-2-4-6-7;;/h4,6-10,12H,2-3,5H2,1H3;3-6H,1H3;;. The van der Waals surface area contributed by atoms with Gasteiger partial charge in [0.15, 0.2) is 0 Å². The molecule has 0 atom stereocenters. The maximum atomic E-state index is 12.6. The van der Waals surface area contributed by atoms with E-state index in [0.717, 1.165) is 24.8 Å². The summed E-state index contributed by atoms with van der Waals surface area (Å²) in [5.74, 6) is 0.0190. The van der Waals surface area contributed by atoms with Crippen LogP contribution in [0.15, 0.2) is 66.9 Å². The van der Waals surface area contributed by atoms with E-state index in [0.29, 0.717) is 20.4 Å². The van der Waals surface area contributed by atoms with Crippen LogP contribution in [0.4, 0.5) is 0 Å². The average molecular weight is 420 g/mol. The Morgan fingerprint density at radius 2 is 1.71 bits per heavy atom. The second-order valence-electron chi connectivity index (χ2n) is 6.47. The molecule has 1 heterocycles. The van der Waals surface area contributed by atoms with Gasteiger partial charge in [0.05, 0.1) is 0 Å². The number of unbranched alkanes of at least 4 members (excludes halogenated alkanes) is 1. The normalized spacial score (nSPS) is 11.1. The van der Waals surface area contributed by atoms with Crippen molar-refractivity contribution in [1.82, 2.24) is 4.98 Å². The summed E-state index contributed by atoms with van der Waals surface area (Å²) >= 11 is -1.76. The zero-order valence-electron chi connectivity index (χ0n) is 16.0. The Labute approximate surface area is 169 Å². The molecule has 2 aromatic carbocycles. The topological polar surface area (TPSA) is 56.3 Å². The van der Waals surface area contributed by atoms with Crippen LogP contribution in [0.25, 0.3) is 0 Å². The summed E-state index contributed by atoms with van der Waals surface area (Å²) in [6.45, 7) is 4.14. The van der Waals surface area contributed by atoms with Crippen molar-refractivity contribution in [2.45, 2.75) is 33.1 Å². The Bertz CT molecular complexity index is 949. The van der Waals surface area contributed by atoms with Gasteiger partial charge in [0, 0.05) is 0 Å². The van der Waals surface area contributed by atoms with E-state index in [4.69, 9.17) is 4.74 Å². The van der Waals surface area contributed by atoms with Gasteiger partial charge in [-0.05, 0) is 0 Å². The second kappa shape index (κ2) is 9.53. The molecule has 0 bridgehead atoms. The third-order valence-electron chi connectivity index (χ3n) is 4.23. The van der Waals surface area contributed by atoms with E-state index in [1.165, 1.54) is 11.8 Å². The quantitative estimate of drug-likeness (QED) is 0.430. The first kappa shape index (κ1) is 20.1. The van der Waals surface area contributed by atoms with Crippen LogP contribution in [-0.2, 0) is 23.9 Å². The van der Waals surface area contributed by atoms with E-state index in [9.17, 15) is 8.66 Å². The van der Waals surface area contributed by atoms with Crippen LogP contribution in [0.1, 0.15) is 41.3 Å².